The Hall–Kier alpha value is -1.99. The van der Waals surface area contributed by atoms with Gasteiger partial charge in [0, 0.05) is 24.8 Å². The summed E-state index contributed by atoms with van der Waals surface area (Å²) in [5.74, 6) is 0.420. The third kappa shape index (κ3) is 2.82. The fourth-order valence-electron chi connectivity index (χ4n) is 2.37. The number of halogens is 1. The molecule has 1 aliphatic rings. The van der Waals surface area contributed by atoms with Crippen LogP contribution < -0.4 is 0 Å². The van der Waals surface area contributed by atoms with E-state index in [1.54, 1.807) is 36.9 Å². The first-order chi connectivity index (χ1) is 10.8. The molecule has 0 radical (unpaired) electrons. The molecule has 120 valence electrons. The largest absolute Gasteiger partial charge is 0.526 e. The average Bonchev–Trinajstić information content (AvgIpc) is 3.07. The highest BCUT2D eigenvalue weighted by molar-refractivity contribution is 6.55. The number of nitrogens with one attached hydrogen (secondary N) is 1. The maximum Gasteiger partial charge on any atom is 0.526 e. The molecule has 0 aliphatic carbocycles. The Labute approximate surface area is 135 Å². The van der Waals surface area contributed by atoms with E-state index in [9.17, 15) is 0 Å². The molecule has 0 amide bonds. The summed E-state index contributed by atoms with van der Waals surface area (Å²) < 4.78 is 26.9. The molecule has 23 heavy (non-hydrogen) atoms. The van der Waals surface area contributed by atoms with Crippen molar-refractivity contribution in [2.45, 2.75) is 38.9 Å². The first kappa shape index (κ1) is 15.9. The lowest BCUT2D eigenvalue weighted by Crippen LogP contribution is -2.41. The van der Waals surface area contributed by atoms with Crippen LogP contribution in [0.15, 0.2) is 42.6 Å². The van der Waals surface area contributed by atoms with Crippen LogP contribution >= 0.6 is 0 Å². The van der Waals surface area contributed by atoms with Crippen LogP contribution in [0.2, 0.25) is 0 Å². The van der Waals surface area contributed by atoms with E-state index in [0.717, 1.165) is 0 Å². The SMILES string of the molecule is CC1(C)OB(C(F)=C(c2ccncc2)c2ncc[nH]2)OC1(C)C. The van der Waals surface area contributed by atoms with Gasteiger partial charge in [-0.3, -0.25) is 4.98 Å². The third-order valence-corrected chi connectivity index (χ3v) is 4.40. The molecule has 0 bridgehead atoms. The molecule has 1 N–H and O–H groups in total. The summed E-state index contributed by atoms with van der Waals surface area (Å²) in [6.07, 6.45) is 6.44. The van der Waals surface area contributed by atoms with Crippen LogP contribution in [-0.4, -0.2) is 33.3 Å². The molecule has 0 unspecified atom stereocenters. The summed E-state index contributed by atoms with van der Waals surface area (Å²) in [6, 6.07) is 3.45. The lowest BCUT2D eigenvalue weighted by atomic mass is 9.82. The maximum atomic E-state index is 15.3. The summed E-state index contributed by atoms with van der Waals surface area (Å²) in [5.41, 5.74) is -0.758. The van der Waals surface area contributed by atoms with Crippen molar-refractivity contribution in [1.29, 1.82) is 0 Å². The molecule has 5 nitrogen and oxygen atoms in total. The molecule has 3 rings (SSSR count). The number of pyridine rings is 1. The van der Waals surface area contributed by atoms with Gasteiger partial charge in [0.1, 0.15) is 11.6 Å². The monoisotopic (exact) mass is 315 g/mol. The second-order valence-electron chi connectivity index (χ2n) is 6.48. The summed E-state index contributed by atoms with van der Waals surface area (Å²) in [4.78, 5) is 11.1. The van der Waals surface area contributed by atoms with E-state index >= 15 is 4.39 Å². The van der Waals surface area contributed by atoms with Gasteiger partial charge in [-0.05, 0) is 45.4 Å². The second kappa shape index (κ2) is 5.58. The molecule has 2 aromatic heterocycles. The molecule has 1 aliphatic heterocycles. The van der Waals surface area contributed by atoms with Crippen LogP contribution in [0.3, 0.4) is 0 Å². The van der Waals surface area contributed by atoms with Crippen molar-refractivity contribution in [3.8, 4) is 0 Å². The van der Waals surface area contributed by atoms with Crippen molar-refractivity contribution >= 4 is 12.7 Å². The fraction of sp³-hybridized carbons (Fsp3) is 0.375. The van der Waals surface area contributed by atoms with Gasteiger partial charge < -0.3 is 14.3 Å². The lowest BCUT2D eigenvalue weighted by molar-refractivity contribution is 0.00578. The summed E-state index contributed by atoms with van der Waals surface area (Å²) in [6.45, 7) is 7.55. The van der Waals surface area contributed by atoms with E-state index in [0.29, 0.717) is 17.0 Å². The van der Waals surface area contributed by atoms with Gasteiger partial charge in [0.05, 0.1) is 16.8 Å². The molecule has 3 heterocycles. The number of rotatable bonds is 3. The van der Waals surface area contributed by atoms with Crippen molar-refractivity contribution in [2.24, 2.45) is 0 Å². The Morgan fingerprint density at radius 3 is 2.22 bits per heavy atom. The number of hydrogen-bond donors (Lipinski definition) is 1. The highest BCUT2D eigenvalue weighted by Gasteiger charge is 2.53. The number of imidazole rings is 1. The molecule has 7 heteroatoms. The normalized spacial score (nSPS) is 20.5. The van der Waals surface area contributed by atoms with Gasteiger partial charge in [0.15, 0.2) is 0 Å². The zero-order valence-corrected chi connectivity index (χ0v) is 13.6. The Balaban J connectivity index is 2.08. The standard InChI is InChI=1S/C16H19BFN3O2/c1-15(2)16(3,4)23-17(22-15)13(18)12(14-20-9-10-21-14)11-5-7-19-8-6-11/h5-10H,1-4H3,(H,20,21). The third-order valence-electron chi connectivity index (χ3n) is 4.40. The zero-order chi connectivity index (χ0) is 16.7. The minimum absolute atomic E-state index is 0.316. The van der Waals surface area contributed by atoms with Gasteiger partial charge in [-0.15, -0.1) is 0 Å². The maximum absolute atomic E-state index is 15.3. The summed E-state index contributed by atoms with van der Waals surface area (Å²) in [5, 5.41) is 0. The van der Waals surface area contributed by atoms with Crippen LogP contribution in [0.4, 0.5) is 4.39 Å². The van der Waals surface area contributed by atoms with E-state index in [4.69, 9.17) is 9.31 Å². The summed E-state index contributed by atoms with van der Waals surface area (Å²) in [7, 11) is -1.08. The van der Waals surface area contributed by atoms with Gasteiger partial charge in [0.2, 0.25) is 0 Å². The quantitative estimate of drug-likeness (QED) is 0.884. The lowest BCUT2D eigenvalue weighted by Gasteiger charge is -2.32. The van der Waals surface area contributed by atoms with Crippen molar-refractivity contribution in [2.75, 3.05) is 0 Å². The Morgan fingerprint density at radius 2 is 1.70 bits per heavy atom. The Kier molecular flexibility index (Phi) is 3.86. The van der Waals surface area contributed by atoms with Crippen molar-refractivity contribution in [3.63, 3.8) is 0 Å². The van der Waals surface area contributed by atoms with Crippen LogP contribution in [0.1, 0.15) is 39.1 Å². The Morgan fingerprint density at radius 1 is 1.09 bits per heavy atom. The summed E-state index contributed by atoms with van der Waals surface area (Å²) >= 11 is 0. The first-order valence-electron chi connectivity index (χ1n) is 7.47. The molecule has 0 atom stereocenters. The van der Waals surface area contributed by atoms with E-state index in [1.807, 2.05) is 27.7 Å². The number of nitrogens with zero attached hydrogens (tertiary/aromatic N) is 2. The van der Waals surface area contributed by atoms with E-state index in [-0.39, 0.29) is 0 Å². The van der Waals surface area contributed by atoms with Crippen LogP contribution in [0.25, 0.3) is 5.57 Å². The van der Waals surface area contributed by atoms with Gasteiger partial charge in [-0.1, -0.05) is 0 Å². The number of aromatic amines is 1. The molecule has 2 aromatic rings. The molecule has 1 fully saturated rings. The van der Waals surface area contributed by atoms with E-state index in [1.165, 1.54) is 0 Å². The first-order valence-corrected chi connectivity index (χ1v) is 7.47. The molecular weight excluding hydrogens is 296 g/mol. The average molecular weight is 315 g/mol. The van der Waals surface area contributed by atoms with Crippen molar-refractivity contribution in [3.05, 3.63) is 54.0 Å². The highest BCUT2D eigenvalue weighted by atomic mass is 19.1. The molecule has 0 spiro atoms. The fourth-order valence-corrected chi connectivity index (χ4v) is 2.37. The molecule has 1 saturated heterocycles. The van der Waals surface area contributed by atoms with Gasteiger partial charge >= 0.3 is 7.12 Å². The topological polar surface area (TPSA) is 60.0 Å². The zero-order valence-electron chi connectivity index (χ0n) is 13.6. The van der Waals surface area contributed by atoms with Crippen LogP contribution in [0, 0.1) is 0 Å². The van der Waals surface area contributed by atoms with Crippen LogP contribution in [0.5, 0.6) is 0 Å². The van der Waals surface area contributed by atoms with E-state index in [2.05, 4.69) is 15.0 Å². The minimum Gasteiger partial charge on any atom is -0.398 e. The second-order valence-corrected chi connectivity index (χ2v) is 6.48. The predicted octanol–water partition coefficient (Wildman–Crippen LogP) is 3.17. The Bertz CT molecular complexity index is 698. The van der Waals surface area contributed by atoms with E-state index < -0.39 is 24.0 Å². The van der Waals surface area contributed by atoms with Crippen molar-refractivity contribution < 1.29 is 13.7 Å². The van der Waals surface area contributed by atoms with Gasteiger partial charge in [-0.25, -0.2) is 9.37 Å². The molecular formula is C16H19BFN3O2. The highest BCUT2D eigenvalue weighted by Crippen LogP contribution is 2.40. The molecule has 0 aromatic carbocycles. The number of aromatic nitrogens is 3. The number of hydrogen-bond acceptors (Lipinski definition) is 4. The minimum atomic E-state index is -1.08. The predicted molar refractivity (Wildman–Crippen MR) is 86.0 cm³/mol. The van der Waals surface area contributed by atoms with Gasteiger partial charge in [-0.2, -0.15) is 0 Å². The van der Waals surface area contributed by atoms with Crippen molar-refractivity contribution in [1.82, 2.24) is 15.0 Å². The van der Waals surface area contributed by atoms with Crippen LogP contribution in [-0.2, 0) is 9.31 Å². The number of H-pyrrole nitrogens is 1. The smallest absolute Gasteiger partial charge is 0.398 e. The molecule has 0 saturated carbocycles. The van der Waals surface area contributed by atoms with Gasteiger partial charge in [0.25, 0.3) is 0 Å².